The zero-order valence-corrected chi connectivity index (χ0v) is 13.7. The van der Waals surface area contributed by atoms with Crippen LogP contribution in [0.25, 0.3) is 11.4 Å². The summed E-state index contributed by atoms with van der Waals surface area (Å²) in [5, 5.41) is 8.22. The lowest BCUT2D eigenvalue weighted by atomic mass is 10.1. The van der Waals surface area contributed by atoms with Crippen molar-refractivity contribution in [3.63, 3.8) is 0 Å². The van der Waals surface area contributed by atoms with Gasteiger partial charge >= 0.3 is 0 Å². The van der Waals surface area contributed by atoms with Crippen molar-refractivity contribution in [3.8, 4) is 17.3 Å². The molecule has 2 aliphatic rings. The normalized spacial score (nSPS) is 17.3. The van der Waals surface area contributed by atoms with E-state index in [0.29, 0.717) is 34.7 Å². The fraction of sp³-hybridized carbons (Fsp3) is 0.471. The zero-order chi connectivity index (χ0) is 16.7. The van der Waals surface area contributed by atoms with Crippen LogP contribution in [0.5, 0.6) is 5.88 Å². The molecule has 1 saturated carbocycles. The summed E-state index contributed by atoms with van der Waals surface area (Å²) >= 11 is 0. The molecule has 0 radical (unpaired) electrons. The number of rotatable bonds is 3. The van der Waals surface area contributed by atoms with E-state index in [1.807, 2.05) is 0 Å². The fourth-order valence-electron chi connectivity index (χ4n) is 3.28. The Bertz CT molecular complexity index is 815. The van der Waals surface area contributed by atoms with Gasteiger partial charge in [-0.3, -0.25) is 0 Å². The Labute approximate surface area is 140 Å². The summed E-state index contributed by atoms with van der Waals surface area (Å²) in [5.41, 5.74) is 9.97. The molecule has 3 N–H and O–H groups in total. The lowest BCUT2D eigenvalue weighted by Gasteiger charge is -2.14. The van der Waals surface area contributed by atoms with E-state index < -0.39 is 0 Å². The minimum absolute atomic E-state index is 0.370. The van der Waals surface area contributed by atoms with Crippen molar-refractivity contribution in [2.75, 3.05) is 12.8 Å². The van der Waals surface area contributed by atoms with E-state index in [0.717, 1.165) is 55.5 Å². The number of aromatic nitrogens is 4. The van der Waals surface area contributed by atoms with Gasteiger partial charge < -0.3 is 15.9 Å². The highest BCUT2D eigenvalue weighted by Crippen LogP contribution is 2.45. The van der Waals surface area contributed by atoms with Crippen molar-refractivity contribution in [2.45, 2.75) is 44.4 Å². The Morgan fingerprint density at radius 1 is 1.12 bits per heavy atom. The van der Waals surface area contributed by atoms with E-state index >= 15 is 0 Å². The monoisotopic (exact) mass is 324 g/mol. The van der Waals surface area contributed by atoms with E-state index in [9.17, 15) is 0 Å². The van der Waals surface area contributed by atoms with Crippen LogP contribution in [0.15, 0.2) is 6.33 Å². The second-order valence-corrected chi connectivity index (χ2v) is 6.36. The number of anilines is 1. The van der Waals surface area contributed by atoms with Crippen LogP contribution >= 0.6 is 0 Å². The van der Waals surface area contributed by atoms with Gasteiger partial charge in [0.25, 0.3) is 0 Å². The molecular weight excluding hydrogens is 304 g/mol. The van der Waals surface area contributed by atoms with Gasteiger partial charge in [-0.1, -0.05) is 0 Å². The summed E-state index contributed by atoms with van der Waals surface area (Å²) in [6, 6.07) is 0. The predicted octanol–water partition coefficient (Wildman–Crippen LogP) is 2.50. The molecule has 124 valence electrons. The number of fused-ring (bicyclic) bond motifs is 1. The predicted molar refractivity (Wildman–Crippen MR) is 90.4 cm³/mol. The molecule has 0 aliphatic heterocycles. The number of methoxy groups -OCH3 is 1. The highest BCUT2D eigenvalue weighted by molar-refractivity contribution is 6.03. The van der Waals surface area contributed by atoms with Crippen LogP contribution in [0.3, 0.4) is 0 Å². The average molecular weight is 324 g/mol. The summed E-state index contributed by atoms with van der Waals surface area (Å²) in [4.78, 5) is 17.9. The van der Waals surface area contributed by atoms with Crippen molar-refractivity contribution in [2.24, 2.45) is 0 Å². The zero-order valence-electron chi connectivity index (χ0n) is 13.7. The molecule has 2 heterocycles. The Morgan fingerprint density at radius 2 is 1.92 bits per heavy atom. The van der Waals surface area contributed by atoms with Crippen LogP contribution in [0.4, 0.5) is 5.82 Å². The molecule has 1 fully saturated rings. The summed E-state index contributed by atoms with van der Waals surface area (Å²) in [6.45, 7) is 0. The summed E-state index contributed by atoms with van der Waals surface area (Å²) in [6.07, 6.45) is 7.27. The molecule has 0 bridgehead atoms. The van der Waals surface area contributed by atoms with Crippen LogP contribution in [0.2, 0.25) is 0 Å². The van der Waals surface area contributed by atoms with Crippen LogP contribution in [-0.4, -0.2) is 32.8 Å². The van der Waals surface area contributed by atoms with Crippen LogP contribution in [-0.2, 0) is 6.42 Å². The van der Waals surface area contributed by atoms with Gasteiger partial charge in [-0.15, -0.1) is 0 Å². The van der Waals surface area contributed by atoms with E-state index in [-0.39, 0.29) is 0 Å². The summed E-state index contributed by atoms with van der Waals surface area (Å²) in [7, 11) is 1.59. The standard InChI is InChI=1S/C17H20N6O/c1-24-17-13(14(9-6-7-9)20-8-21-17)16-22-11-5-3-2-4-10(18)12(11)15(19)23-16/h8-9,18H,2-7H2,1H3,(H2,19,22,23). The number of nitrogens with one attached hydrogen (secondary N) is 1. The third-order valence-corrected chi connectivity index (χ3v) is 4.63. The Morgan fingerprint density at radius 3 is 2.67 bits per heavy atom. The van der Waals surface area contributed by atoms with E-state index in [2.05, 4.69) is 15.0 Å². The van der Waals surface area contributed by atoms with Crippen LogP contribution in [0.1, 0.15) is 55.0 Å². The molecular formula is C17H20N6O. The third kappa shape index (κ3) is 2.50. The fourth-order valence-corrected chi connectivity index (χ4v) is 3.28. The van der Waals surface area contributed by atoms with Crippen molar-refractivity contribution in [3.05, 3.63) is 23.3 Å². The van der Waals surface area contributed by atoms with E-state index in [4.69, 9.17) is 20.9 Å². The lowest BCUT2D eigenvalue weighted by molar-refractivity contribution is 0.397. The molecule has 0 saturated heterocycles. The summed E-state index contributed by atoms with van der Waals surface area (Å²) in [5.74, 6) is 1.78. The van der Waals surface area contributed by atoms with Gasteiger partial charge in [0.15, 0.2) is 5.82 Å². The van der Waals surface area contributed by atoms with Gasteiger partial charge in [0, 0.05) is 11.6 Å². The maximum absolute atomic E-state index is 8.22. The minimum atomic E-state index is 0.370. The van der Waals surface area contributed by atoms with Crippen molar-refractivity contribution in [1.82, 2.24) is 19.9 Å². The van der Waals surface area contributed by atoms with Gasteiger partial charge in [-0.2, -0.15) is 0 Å². The number of nitrogens with two attached hydrogens (primary N) is 1. The molecule has 0 amide bonds. The van der Waals surface area contributed by atoms with Gasteiger partial charge in [0.2, 0.25) is 5.88 Å². The summed E-state index contributed by atoms with van der Waals surface area (Å²) < 4.78 is 5.43. The maximum Gasteiger partial charge on any atom is 0.227 e. The quantitative estimate of drug-likeness (QED) is 0.839. The topological polar surface area (TPSA) is 111 Å². The number of nitrogen functional groups attached to an aromatic ring is 1. The van der Waals surface area contributed by atoms with Crippen LogP contribution in [0, 0.1) is 5.41 Å². The first kappa shape index (κ1) is 15.0. The van der Waals surface area contributed by atoms with Gasteiger partial charge in [-0.05, 0) is 38.5 Å². The Kier molecular flexibility index (Phi) is 3.63. The first-order valence-corrected chi connectivity index (χ1v) is 8.32. The molecule has 2 aromatic rings. The molecule has 4 rings (SSSR count). The Hall–Kier alpha value is -2.57. The number of hydrogen-bond acceptors (Lipinski definition) is 7. The van der Waals surface area contributed by atoms with Crippen molar-refractivity contribution < 1.29 is 4.74 Å². The largest absolute Gasteiger partial charge is 0.480 e. The van der Waals surface area contributed by atoms with Crippen molar-refractivity contribution in [1.29, 1.82) is 5.41 Å². The number of aryl methyl sites for hydroxylation is 1. The highest BCUT2D eigenvalue weighted by atomic mass is 16.5. The van der Waals surface area contributed by atoms with E-state index in [1.165, 1.54) is 6.33 Å². The molecule has 2 aromatic heterocycles. The second-order valence-electron chi connectivity index (χ2n) is 6.36. The highest BCUT2D eigenvalue weighted by Gasteiger charge is 2.32. The molecule has 7 heteroatoms. The molecule has 0 spiro atoms. The number of hydrogen-bond donors (Lipinski definition) is 2. The molecule has 0 unspecified atom stereocenters. The van der Waals surface area contributed by atoms with Gasteiger partial charge in [0.05, 0.1) is 24.1 Å². The molecule has 0 atom stereocenters. The van der Waals surface area contributed by atoms with Gasteiger partial charge in [0.1, 0.15) is 17.7 Å². The second kappa shape index (κ2) is 5.81. The first-order chi connectivity index (χ1) is 11.7. The maximum atomic E-state index is 8.22. The minimum Gasteiger partial charge on any atom is -0.480 e. The molecule has 2 aliphatic carbocycles. The average Bonchev–Trinajstić information content (AvgIpc) is 3.42. The lowest BCUT2D eigenvalue weighted by Crippen LogP contribution is -2.12. The SMILES string of the molecule is COc1ncnc(C2CC2)c1-c1nc(N)c2c(n1)CCCCC2=N. The van der Waals surface area contributed by atoms with Crippen molar-refractivity contribution >= 4 is 11.5 Å². The van der Waals surface area contributed by atoms with Crippen LogP contribution < -0.4 is 10.5 Å². The van der Waals surface area contributed by atoms with E-state index in [1.54, 1.807) is 7.11 Å². The first-order valence-electron chi connectivity index (χ1n) is 8.32. The third-order valence-electron chi connectivity index (χ3n) is 4.63. The van der Waals surface area contributed by atoms with Gasteiger partial charge in [-0.25, -0.2) is 19.9 Å². The molecule has 24 heavy (non-hydrogen) atoms. The number of nitrogens with zero attached hydrogens (tertiary/aromatic N) is 4. The smallest absolute Gasteiger partial charge is 0.227 e. The molecule has 7 nitrogen and oxygen atoms in total. The molecule has 0 aromatic carbocycles. The Balaban J connectivity index is 1.91. The number of ether oxygens (including phenoxy) is 1.